The molecule has 2 aromatic rings. The summed E-state index contributed by atoms with van der Waals surface area (Å²) < 4.78 is 16.3. The molecule has 1 aliphatic heterocycles. The van der Waals surface area contributed by atoms with E-state index in [9.17, 15) is 4.79 Å². The highest BCUT2D eigenvalue weighted by molar-refractivity contribution is 5.93. The number of methoxy groups -OCH3 is 2. The Balaban J connectivity index is 1.79. The van der Waals surface area contributed by atoms with Crippen molar-refractivity contribution < 1.29 is 19.0 Å². The summed E-state index contributed by atoms with van der Waals surface area (Å²) in [6.07, 6.45) is 3.21. The van der Waals surface area contributed by atoms with Crippen molar-refractivity contribution >= 4 is 5.91 Å². The minimum absolute atomic E-state index is 0.00864. The van der Waals surface area contributed by atoms with Gasteiger partial charge in [0.05, 0.1) is 39.0 Å². The van der Waals surface area contributed by atoms with Crippen LogP contribution in [0.5, 0.6) is 11.5 Å². The molecular formula is C20H25N3O4. The van der Waals surface area contributed by atoms with E-state index in [1.54, 1.807) is 38.7 Å². The molecule has 0 spiro atoms. The highest BCUT2D eigenvalue weighted by Gasteiger charge is 2.24. The topological polar surface area (TPSA) is 72.9 Å². The van der Waals surface area contributed by atoms with Crippen molar-refractivity contribution in [1.82, 2.24) is 15.2 Å². The second kappa shape index (κ2) is 9.34. The summed E-state index contributed by atoms with van der Waals surface area (Å²) >= 11 is 0. The van der Waals surface area contributed by atoms with Crippen LogP contribution < -0.4 is 14.8 Å². The van der Waals surface area contributed by atoms with Gasteiger partial charge in [-0.15, -0.1) is 0 Å². The molecule has 1 aromatic heterocycles. The number of carbonyl (C=O) groups excluding carboxylic acids is 1. The van der Waals surface area contributed by atoms with Crippen molar-refractivity contribution in [3.63, 3.8) is 0 Å². The zero-order chi connectivity index (χ0) is 19.1. The summed E-state index contributed by atoms with van der Waals surface area (Å²) in [6, 6.07) is 9.39. The molecular weight excluding hydrogens is 346 g/mol. The lowest BCUT2D eigenvalue weighted by molar-refractivity contribution is 0.0162. The fourth-order valence-electron chi connectivity index (χ4n) is 3.20. The smallest absolute Gasteiger partial charge is 0.252 e. The fraction of sp³-hybridized carbons (Fsp3) is 0.400. The second-order valence-corrected chi connectivity index (χ2v) is 6.23. The van der Waals surface area contributed by atoms with Gasteiger partial charge < -0.3 is 19.5 Å². The first-order valence-electron chi connectivity index (χ1n) is 8.95. The van der Waals surface area contributed by atoms with Gasteiger partial charge in [-0.3, -0.25) is 14.7 Å². The van der Waals surface area contributed by atoms with Crippen molar-refractivity contribution in [2.45, 2.75) is 6.04 Å². The van der Waals surface area contributed by atoms with Crippen molar-refractivity contribution in [3.8, 4) is 11.5 Å². The van der Waals surface area contributed by atoms with Crippen LogP contribution in [-0.4, -0.2) is 62.9 Å². The normalized spacial score (nSPS) is 15.8. The number of nitrogens with one attached hydrogen (secondary N) is 1. The lowest BCUT2D eigenvalue weighted by Crippen LogP contribution is -2.43. The molecule has 7 heteroatoms. The van der Waals surface area contributed by atoms with Gasteiger partial charge in [-0.25, -0.2) is 0 Å². The number of nitrogens with zero attached hydrogens (tertiary/aromatic N) is 2. The molecule has 1 aromatic carbocycles. The van der Waals surface area contributed by atoms with Crippen LogP contribution in [0.15, 0.2) is 42.7 Å². The third kappa shape index (κ3) is 4.75. The van der Waals surface area contributed by atoms with Gasteiger partial charge in [-0.1, -0.05) is 6.07 Å². The van der Waals surface area contributed by atoms with Crippen LogP contribution in [-0.2, 0) is 4.74 Å². The predicted octanol–water partition coefficient (Wildman–Crippen LogP) is 1.90. The first-order chi connectivity index (χ1) is 13.2. The number of carbonyl (C=O) groups is 1. The van der Waals surface area contributed by atoms with Crippen molar-refractivity contribution in [1.29, 1.82) is 0 Å². The van der Waals surface area contributed by atoms with Crippen LogP contribution in [0.4, 0.5) is 0 Å². The number of ether oxygens (including phenoxy) is 3. The molecule has 1 aliphatic rings. The molecule has 0 radical (unpaired) electrons. The van der Waals surface area contributed by atoms with Crippen LogP contribution in [0.1, 0.15) is 22.0 Å². The van der Waals surface area contributed by atoms with E-state index in [2.05, 4.69) is 15.2 Å². The van der Waals surface area contributed by atoms with E-state index in [-0.39, 0.29) is 11.9 Å². The first kappa shape index (κ1) is 19.1. The van der Waals surface area contributed by atoms with Crippen molar-refractivity contribution in [3.05, 3.63) is 53.9 Å². The first-order valence-corrected chi connectivity index (χ1v) is 8.95. The summed E-state index contributed by atoms with van der Waals surface area (Å²) in [7, 11) is 3.24. The summed E-state index contributed by atoms with van der Waals surface area (Å²) in [5.41, 5.74) is 1.60. The maximum atomic E-state index is 12.4. The van der Waals surface area contributed by atoms with Gasteiger partial charge in [-0.05, 0) is 29.8 Å². The maximum absolute atomic E-state index is 12.4. The molecule has 1 unspecified atom stereocenters. The predicted molar refractivity (Wildman–Crippen MR) is 101 cm³/mol. The van der Waals surface area contributed by atoms with Gasteiger partial charge in [0.2, 0.25) is 0 Å². The largest absolute Gasteiger partial charge is 0.493 e. The Labute approximate surface area is 159 Å². The second-order valence-electron chi connectivity index (χ2n) is 6.23. The number of benzene rings is 1. The summed E-state index contributed by atoms with van der Waals surface area (Å²) in [5.74, 6) is 1.22. The van der Waals surface area contributed by atoms with Crippen LogP contribution in [0.3, 0.4) is 0 Å². The molecule has 2 heterocycles. The Kier molecular flexibility index (Phi) is 6.62. The monoisotopic (exact) mass is 371 g/mol. The molecule has 1 saturated heterocycles. The van der Waals surface area contributed by atoms with Crippen LogP contribution in [0.25, 0.3) is 0 Å². The average molecular weight is 371 g/mol. The van der Waals surface area contributed by atoms with Gasteiger partial charge >= 0.3 is 0 Å². The zero-order valence-electron chi connectivity index (χ0n) is 15.7. The van der Waals surface area contributed by atoms with E-state index >= 15 is 0 Å². The Bertz CT molecular complexity index is 748. The molecule has 1 amide bonds. The Morgan fingerprint density at radius 1 is 1.22 bits per heavy atom. The lowest BCUT2D eigenvalue weighted by Gasteiger charge is -2.35. The Morgan fingerprint density at radius 3 is 2.67 bits per heavy atom. The molecule has 3 rings (SSSR count). The maximum Gasteiger partial charge on any atom is 0.252 e. The number of rotatable bonds is 7. The number of hydrogen-bond acceptors (Lipinski definition) is 6. The standard InChI is InChI=1S/C20H25N3O4/c1-25-18-6-5-15(12-19(18)26-2)17(23-8-10-27-11-9-23)14-22-20(24)16-4-3-7-21-13-16/h3-7,12-13,17H,8-11,14H2,1-2H3,(H,22,24). The van der Waals surface area contributed by atoms with E-state index in [0.29, 0.717) is 36.8 Å². The quantitative estimate of drug-likeness (QED) is 0.802. The molecule has 0 bridgehead atoms. The minimum atomic E-state index is -0.137. The molecule has 1 N–H and O–H groups in total. The number of hydrogen-bond donors (Lipinski definition) is 1. The molecule has 0 saturated carbocycles. The van der Waals surface area contributed by atoms with Crippen LogP contribution in [0.2, 0.25) is 0 Å². The summed E-state index contributed by atoms with van der Waals surface area (Å²) in [5, 5.41) is 3.03. The minimum Gasteiger partial charge on any atom is -0.493 e. The Morgan fingerprint density at radius 2 is 2.00 bits per heavy atom. The van der Waals surface area contributed by atoms with Gasteiger partial charge in [-0.2, -0.15) is 0 Å². The van der Waals surface area contributed by atoms with Gasteiger partial charge in [0.25, 0.3) is 5.91 Å². The van der Waals surface area contributed by atoms with Gasteiger partial charge in [0.1, 0.15) is 0 Å². The molecule has 27 heavy (non-hydrogen) atoms. The number of pyridine rings is 1. The van der Waals surface area contributed by atoms with E-state index in [1.807, 2.05) is 18.2 Å². The average Bonchev–Trinajstić information content (AvgIpc) is 2.75. The van der Waals surface area contributed by atoms with E-state index < -0.39 is 0 Å². The molecule has 1 fully saturated rings. The summed E-state index contributed by atoms with van der Waals surface area (Å²) in [6.45, 7) is 3.45. The third-order valence-electron chi connectivity index (χ3n) is 4.66. The molecule has 1 atom stereocenters. The molecule has 7 nitrogen and oxygen atoms in total. The summed E-state index contributed by atoms with van der Waals surface area (Å²) in [4.78, 5) is 18.8. The molecule has 144 valence electrons. The van der Waals surface area contributed by atoms with Crippen LogP contribution in [0, 0.1) is 0 Å². The highest BCUT2D eigenvalue weighted by Crippen LogP contribution is 2.32. The highest BCUT2D eigenvalue weighted by atomic mass is 16.5. The Hall–Kier alpha value is -2.64. The SMILES string of the molecule is COc1ccc(C(CNC(=O)c2cccnc2)N2CCOCC2)cc1OC. The number of amides is 1. The van der Waals surface area contributed by atoms with Crippen LogP contribution >= 0.6 is 0 Å². The molecule has 0 aliphatic carbocycles. The zero-order valence-corrected chi connectivity index (χ0v) is 15.7. The fourth-order valence-corrected chi connectivity index (χ4v) is 3.20. The lowest BCUT2D eigenvalue weighted by atomic mass is 10.0. The van der Waals surface area contributed by atoms with E-state index in [0.717, 1.165) is 18.7 Å². The third-order valence-corrected chi connectivity index (χ3v) is 4.66. The number of morpholine rings is 1. The van der Waals surface area contributed by atoms with Gasteiger partial charge in [0.15, 0.2) is 11.5 Å². The van der Waals surface area contributed by atoms with E-state index in [1.165, 1.54) is 0 Å². The van der Waals surface area contributed by atoms with Gasteiger partial charge in [0, 0.05) is 32.0 Å². The van der Waals surface area contributed by atoms with Crippen molar-refractivity contribution in [2.24, 2.45) is 0 Å². The number of aromatic nitrogens is 1. The van der Waals surface area contributed by atoms with Crippen molar-refractivity contribution in [2.75, 3.05) is 47.1 Å². The van der Waals surface area contributed by atoms with E-state index in [4.69, 9.17) is 14.2 Å².